The third kappa shape index (κ3) is 4.20. The lowest BCUT2D eigenvalue weighted by Crippen LogP contribution is -2.17. The SMILES string of the molecule is COc1ccc(C(=O)O)cc1CN(C)Cc1ccc(Cl)s1. The van der Waals surface area contributed by atoms with Crippen LogP contribution in [0.2, 0.25) is 4.34 Å². The summed E-state index contributed by atoms with van der Waals surface area (Å²) in [6.45, 7) is 1.34. The van der Waals surface area contributed by atoms with Crippen LogP contribution in [-0.2, 0) is 13.1 Å². The molecular weight excluding hydrogens is 310 g/mol. The Morgan fingerprint density at radius 2 is 2.10 bits per heavy atom. The first-order chi connectivity index (χ1) is 9.99. The highest BCUT2D eigenvalue weighted by molar-refractivity contribution is 7.16. The van der Waals surface area contributed by atoms with Gasteiger partial charge in [0.25, 0.3) is 0 Å². The number of methoxy groups -OCH3 is 1. The molecule has 1 aromatic carbocycles. The van der Waals surface area contributed by atoms with Gasteiger partial charge in [0.1, 0.15) is 5.75 Å². The van der Waals surface area contributed by atoms with Gasteiger partial charge < -0.3 is 9.84 Å². The molecule has 2 aromatic rings. The monoisotopic (exact) mass is 325 g/mol. The number of benzene rings is 1. The number of thiophene rings is 1. The van der Waals surface area contributed by atoms with Crippen LogP contribution in [0.4, 0.5) is 0 Å². The number of hydrogen-bond acceptors (Lipinski definition) is 4. The lowest BCUT2D eigenvalue weighted by Gasteiger charge is -2.18. The van der Waals surface area contributed by atoms with E-state index in [1.54, 1.807) is 36.6 Å². The summed E-state index contributed by atoms with van der Waals surface area (Å²) in [4.78, 5) is 14.3. The van der Waals surface area contributed by atoms with E-state index in [2.05, 4.69) is 4.90 Å². The van der Waals surface area contributed by atoms with E-state index in [0.29, 0.717) is 12.3 Å². The Balaban J connectivity index is 2.13. The normalized spacial score (nSPS) is 10.9. The van der Waals surface area contributed by atoms with Crippen molar-refractivity contribution in [1.82, 2.24) is 4.90 Å². The van der Waals surface area contributed by atoms with E-state index in [9.17, 15) is 4.79 Å². The quantitative estimate of drug-likeness (QED) is 0.879. The fourth-order valence-electron chi connectivity index (χ4n) is 2.08. The summed E-state index contributed by atoms with van der Waals surface area (Å²) in [5.41, 5.74) is 1.11. The van der Waals surface area contributed by atoms with Gasteiger partial charge in [-0.2, -0.15) is 0 Å². The van der Waals surface area contributed by atoms with Crippen LogP contribution in [0.1, 0.15) is 20.8 Å². The summed E-state index contributed by atoms with van der Waals surface area (Å²) in [7, 11) is 3.55. The molecule has 0 amide bonds. The zero-order valence-corrected chi connectivity index (χ0v) is 13.4. The standard InChI is InChI=1S/C15H16ClNO3S/c1-17(9-12-4-6-14(16)21-12)8-11-7-10(15(18)19)3-5-13(11)20-2/h3-7H,8-9H2,1-2H3,(H,18,19). The first kappa shape index (κ1) is 15.8. The van der Waals surface area contributed by atoms with Crippen molar-refractivity contribution in [1.29, 1.82) is 0 Å². The van der Waals surface area contributed by atoms with Crippen LogP contribution in [0, 0.1) is 0 Å². The molecule has 0 spiro atoms. The van der Waals surface area contributed by atoms with Gasteiger partial charge in [-0.1, -0.05) is 11.6 Å². The topological polar surface area (TPSA) is 49.8 Å². The summed E-state index contributed by atoms with van der Waals surface area (Å²) < 4.78 is 6.06. The van der Waals surface area contributed by atoms with Crippen LogP contribution >= 0.6 is 22.9 Å². The zero-order chi connectivity index (χ0) is 15.4. The predicted molar refractivity (Wildman–Crippen MR) is 84.5 cm³/mol. The largest absolute Gasteiger partial charge is 0.496 e. The van der Waals surface area contributed by atoms with Crippen LogP contribution in [0.15, 0.2) is 30.3 Å². The number of rotatable bonds is 6. The number of nitrogens with zero attached hydrogens (tertiary/aromatic N) is 1. The summed E-state index contributed by atoms with van der Waals surface area (Å²) in [6, 6.07) is 8.76. The average Bonchev–Trinajstić information content (AvgIpc) is 2.83. The van der Waals surface area contributed by atoms with Gasteiger partial charge in [-0.15, -0.1) is 11.3 Å². The smallest absolute Gasteiger partial charge is 0.335 e. The number of carboxylic acid groups (broad SMARTS) is 1. The van der Waals surface area contributed by atoms with Crippen molar-refractivity contribution in [2.45, 2.75) is 13.1 Å². The molecule has 0 bridgehead atoms. The summed E-state index contributed by atoms with van der Waals surface area (Å²) in [6.07, 6.45) is 0. The minimum atomic E-state index is -0.938. The molecule has 4 nitrogen and oxygen atoms in total. The Morgan fingerprint density at radius 3 is 2.67 bits per heavy atom. The molecule has 1 heterocycles. The lowest BCUT2D eigenvalue weighted by atomic mass is 10.1. The van der Waals surface area contributed by atoms with Gasteiger partial charge >= 0.3 is 5.97 Å². The number of aromatic carboxylic acids is 1. The third-order valence-electron chi connectivity index (χ3n) is 3.02. The first-order valence-corrected chi connectivity index (χ1v) is 7.52. The molecule has 6 heteroatoms. The molecule has 2 rings (SSSR count). The molecule has 0 aliphatic carbocycles. The lowest BCUT2D eigenvalue weighted by molar-refractivity contribution is 0.0696. The number of halogens is 1. The van der Waals surface area contributed by atoms with Crippen LogP contribution < -0.4 is 4.74 Å². The maximum absolute atomic E-state index is 11.1. The molecule has 0 fully saturated rings. The number of hydrogen-bond donors (Lipinski definition) is 1. The van der Waals surface area contributed by atoms with Crippen molar-refractivity contribution in [3.8, 4) is 5.75 Å². The summed E-state index contributed by atoms with van der Waals surface area (Å²) in [5.74, 6) is -0.248. The second-order valence-electron chi connectivity index (χ2n) is 4.71. The fourth-order valence-corrected chi connectivity index (χ4v) is 3.25. The van der Waals surface area contributed by atoms with Crippen LogP contribution in [0.5, 0.6) is 5.75 Å². The Morgan fingerprint density at radius 1 is 1.33 bits per heavy atom. The average molecular weight is 326 g/mol. The van der Waals surface area contributed by atoms with E-state index in [4.69, 9.17) is 21.4 Å². The van der Waals surface area contributed by atoms with Gasteiger partial charge in [-0.25, -0.2) is 4.79 Å². The van der Waals surface area contributed by atoms with Gasteiger partial charge in [0.15, 0.2) is 0 Å². The highest BCUT2D eigenvalue weighted by atomic mass is 35.5. The Hall–Kier alpha value is -1.56. The van der Waals surface area contributed by atoms with E-state index in [1.165, 1.54) is 0 Å². The fraction of sp³-hybridized carbons (Fsp3) is 0.267. The van der Waals surface area contributed by atoms with Crippen molar-refractivity contribution in [3.63, 3.8) is 0 Å². The predicted octanol–water partition coefficient (Wildman–Crippen LogP) is 3.74. The second-order valence-corrected chi connectivity index (χ2v) is 6.51. The summed E-state index contributed by atoms with van der Waals surface area (Å²) >= 11 is 7.47. The van der Waals surface area contributed by atoms with Gasteiger partial charge in [0.05, 0.1) is 17.0 Å². The maximum Gasteiger partial charge on any atom is 0.335 e. The van der Waals surface area contributed by atoms with Gasteiger partial charge in [-0.05, 0) is 37.4 Å². The molecule has 0 saturated carbocycles. The highest BCUT2D eigenvalue weighted by Crippen LogP contribution is 2.25. The molecule has 0 aliphatic heterocycles. The van der Waals surface area contributed by atoms with E-state index >= 15 is 0 Å². The Bertz CT molecular complexity index is 642. The van der Waals surface area contributed by atoms with Crippen molar-refractivity contribution >= 4 is 28.9 Å². The maximum atomic E-state index is 11.1. The van der Waals surface area contributed by atoms with E-state index in [1.807, 2.05) is 19.2 Å². The second kappa shape index (κ2) is 6.93. The van der Waals surface area contributed by atoms with Gasteiger partial charge in [0.2, 0.25) is 0 Å². The van der Waals surface area contributed by atoms with E-state index < -0.39 is 5.97 Å². The highest BCUT2D eigenvalue weighted by Gasteiger charge is 2.11. The molecule has 1 N–H and O–H groups in total. The zero-order valence-electron chi connectivity index (χ0n) is 11.8. The number of carboxylic acids is 1. The molecule has 0 radical (unpaired) electrons. The van der Waals surface area contributed by atoms with Crippen molar-refractivity contribution < 1.29 is 14.6 Å². The molecule has 1 aromatic heterocycles. The first-order valence-electron chi connectivity index (χ1n) is 6.32. The Kier molecular flexibility index (Phi) is 5.22. The van der Waals surface area contributed by atoms with Crippen LogP contribution in [0.3, 0.4) is 0 Å². The molecule has 112 valence electrons. The molecule has 0 atom stereocenters. The molecular formula is C15H16ClNO3S. The van der Waals surface area contributed by atoms with E-state index in [0.717, 1.165) is 21.3 Å². The summed E-state index contributed by atoms with van der Waals surface area (Å²) in [5, 5.41) is 9.08. The van der Waals surface area contributed by atoms with Crippen molar-refractivity contribution in [2.75, 3.05) is 14.2 Å². The van der Waals surface area contributed by atoms with Crippen molar-refractivity contribution in [2.24, 2.45) is 0 Å². The molecule has 0 aliphatic rings. The molecule has 0 saturated heterocycles. The van der Waals surface area contributed by atoms with Crippen LogP contribution in [0.25, 0.3) is 0 Å². The minimum Gasteiger partial charge on any atom is -0.496 e. The number of ether oxygens (including phenoxy) is 1. The molecule has 0 unspecified atom stereocenters. The number of carbonyl (C=O) groups is 1. The van der Waals surface area contributed by atoms with Crippen LogP contribution in [-0.4, -0.2) is 30.1 Å². The van der Waals surface area contributed by atoms with Gasteiger partial charge in [-0.3, -0.25) is 4.90 Å². The van der Waals surface area contributed by atoms with Crippen molar-refractivity contribution in [3.05, 3.63) is 50.7 Å². The Labute approximate surface area is 132 Å². The van der Waals surface area contributed by atoms with E-state index in [-0.39, 0.29) is 5.56 Å². The third-order valence-corrected chi connectivity index (χ3v) is 4.24. The van der Waals surface area contributed by atoms with Gasteiger partial charge in [0, 0.05) is 23.5 Å². The molecule has 21 heavy (non-hydrogen) atoms. The minimum absolute atomic E-state index is 0.262.